The summed E-state index contributed by atoms with van der Waals surface area (Å²) in [7, 11) is -3.35. The van der Waals surface area contributed by atoms with Crippen LogP contribution in [0.25, 0.3) is 0 Å². The molecular formula is C18H31NO2S. The molecule has 1 aromatic carbocycles. The molecule has 0 atom stereocenters. The van der Waals surface area contributed by atoms with Gasteiger partial charge in [0, 0.05) is 6.54 Å². The molecule has 0 aliphatic heterocycles. The number of rotatable bonds is 12. The lowest BCUT2D eigenvalue weighted by atomic mass is 10.1. The molecular weight excluding hydrogens is 294 g/mol. The molecule has 1 aromatic rings. The van der Waals surface area contributed by atoms with E-state index in [1.54, 1.807) is 12.1 Å². The second-order valence-electron chi connectivity index (χ2n) is 5.99. The molecule has 3 nitrogen and oxygen atoms in total. The van der Waals surface area contributed by atoms with E-state index < -0.39 is 10.0 Å². The average molecular weight is 326 g/mol. The Hall–Kier alpha value is -0.870. The predicted molar refractivity (Wildman–Crippen MR) is 93.6 cm³/mol. The molecule has 0 amide bonds. The zero-order valence-electron chi connectivity index (χ0n) is 14.1. The molecule has 1 rings (SSSR count). The van der Waals surface area contributed by atoms with Crippen LogP contribution in [0, 0.1) is 6.92 Å². The lowest BCUT2D eigenvalue weighted by molar-refractivity contribution is 0.553. The highest BCUT2D eigenvalue weighted by Crippen LogP contribution is 2.14. The number of sulfonamides is 1. The summed E-state index contributed by atoms with van der Waals surface area (Å²) in [4.78, 5) is 0.394. The van der Waals surface area contributed by atoms with Crippen LogP contribution in [0.5, 0.6) is 0 Å². The van der Waals surface area contributed by atoms with E-state index in [1.165, 1.54) is 44.9 Å². The summed E-state index contributed by atoms with van der Waals surface area (Å²) in [6, 6.07) is 7.11. The first kappa shape index (κ1) is 19.2. The van der Waals surface area contributed by atoms with E-state index in [-0.39, 0.29) is 0 Å². The van der Waals surface area contributed by atoms with E-state index >= 15 is 0 Å². The molecule has 0 aliphatic carbocycles. The fourth-order valence-electron chi connectivity index (χ4n) is 2.58. The number of nitrogens with one attached hydrogen (secondary N) is 1. The summed E-state index contributed by atoms with van der Waals surface area (Å²) in [5, 5.41) is 0. The summed E-state index contributed by atoms with van der Waals surface area (Å²) in [6.07, 6.45) is 11.1. The monoisotopic (exact) mass is 325 g/mol. The molecule has 0 fully saturated rings. The maximum atomic E-state index is 12.2. The van der Waals surface area contributed by atoms with Gasteiger partial charge in [-0.25, -0.2) is 13.1 Å². The molecule has 1 N–H and O–H groups in total. The molecule has 4 heteroatoms. The summed E-state index contributed by atoms with van der Waals surface area (Å²) < 4.78 is 27.1. The van der Waals surface area contributed by atoms with Crippen LogP contribution in [-0.2, 0) is 10.0 Å². The summed E-state index contributed by atoms with van der Waals surface area (Å²) in [5.74, 6) is 0. The van der Waals surface area contributed by atoms with E-state index in [9.17, 15) is 8.42 Å². The SMILES string of the molecule is CCCCCCCCCCCNS(=O)(=O)c1ccccc1C. The minimum Gasteiger partial charge on any atom is -0.211 e. The van der Waals surface area contributed by atoms with Crippen molar-refractivity contribution in [2.24, 2.45) is 0 Å². The highest BCUT2D eigenvalue weighted by atomic mass is 32.2. The molecule has 0 aromatic heterocycles. The first-order chi connectivity index (χ1) is 10.6. The van der Waals surface area contributed by atoms with Crippen molar-refractivity contribution in [2.75, 3.05) is 6.54 Å². The molecule has 0 bridgehead atoms. The molecule has 0 heterocycles. The van der Waals surface area contributed by atoms with E-state index in [4.69, 9.17) is 0 Å². The Bertz CT molecular complexity index is 512. The highest BCUT2D eigenvalue weighted by Gasteiger charge is 2.14. The van der Waals surface area contributed by atoms with Crippen LogP contribution < -0.4 is 4.72 Å². The van der Waals surface area contributed by atoms with Crippen molar-refractivity contribution in [1.82, 2.24) is 4.72 Å². The van der Waals surface area contributed by atoms with E-state index in [2.05, 4.69) is 11.6 Å². The zero-order chi connectivity index (χ0) is 16.3. The van der Waals surface area contributed by atoms with Crippen LogP contribution in [0.2, 0.25) is 0 Å². The topological polar surface area (TPSA) is 46.2 Å². The molecule has 0 saturated heterocycles. The maximum Gasteiger partial charge on any atom is 0.240 e. The van der Waals surface area contributed by atoms with Gasteiger partial charge in [-0.1, -0.05) is 76.5 Å². The summed E-state index contributed by atoms with van der Waals surface area (Å²) in [5.41, 5.74) is 0.794. The van der Waals surface area contributed by atoms with Gasteiger partial charge in [0.15, 0.2) is 0 Å². The quantitative estimate of drug-likeness (QED) is 0.561. The third-order valence-corrected chi connectivity index (χ3v) is 5.58. The van der Waals surface area contributed by atoms with Crippen molar-refractivity contribution in [2.45, 2.75) is 76.5 Å². The minimum absolute atomic E-state index is 0.394. The third kappa shape index (κ3) is 7.41. The molecule has 0 saturated carbocycles. The zero-order valence-corrected chi connectivity index (χ0v) is 14.9. The Balaban J connectivity index is 2.13. The van der Waals surface area contributed by atoms with Gasteiger partial charge in [-0.2, -0.15) is 0 Å². The van der Waals surface area contributed by atoms with Gasteiger partial charge in [0.1, 0.15) is 0 Å². The van der Waals surface area contributed by atoms with Crippen LogP contribution in [-0.4, -0.2) is 15.0 Å². The Morgan fingerprint density at radius 3 is 2.00 bits per heavy atom. The van der Waals surface area contributed by atoms with Gasteiger partial charge in [-0.15, -0.1) is 0 Å². The number of hydrogen-bond acceptors (Lipinski definition) is 2. The Labute approximate surface area is 136 Å². The first-order valence-electron chi connectivity index (χ1n) is 8.63. The predicted octanol–water partition coefficient (Wildman–Crippen LogP) is 4.80. The van der Waals surface area contributed by atoms with E-state index in [0.29, 0.717) is 11.4 Å². The van der Waals surface area contributed by atoms with Crippen molar-refractivity contribution < 1.29 is 8.42 Å². The van der Waals surface area contributed by atoms with Crippen molar-refractivity contribution >= 4 is 10.0 Å². The van der Waals surface area contributed by atoms with Gasteiger partial charge < -0.3 is 0 Å². The summed E-state index contributed by atoms with van der Waals surface area (Å²) >= 11 is 0. The van der Waals surface area contributed by atoms with Gasteiger partial charge in [-0.05, 0) is 25.0 Å². The molecule has 0 radical (unpaired) electrons. The Morgan fingerprint density at radius 2 is 1.41 bits per heavy atom. The summed E-state index contributed by atoms with van der Waals surface area (Å²) in [6.45, 7) is 4.59. The number of benzene rings is 1. The van der Waals surface area contributed by atoms with Crippen LogP contribution in [0.4, 0.5) is 0 Å². The second kappa shape index (κ2) is 10.8. The highest BCUT2D eigenvalue weighted by molar-refractivity contribution is 7.89. The van der Waals surface area contributed by atoms with Gasteiger partial charge in [-0.3, -0.25) is 0 Å². The fraction of sp³-hybridized carbons (Fsp3) is 0.667. The van der Waals surface area contributed by atoms with Crippen molar-refractivity contribution in [1.29, 1.82) is 0 Å². The number of aryl methyl sites for hydroxylation is 1. The first-order valence-corrected chi connectivity index (χ1v) is 10.1. The number of unbranched alkanes of at least 4 members (excludes halogenated alkanes) is 8. The fourth-order valence-corrected chi connectivity index (χ4v) is 3.90. The Kier molecular flexibility index (Phi) is 9.41. The number of hydrogen-bond donors (Lipinski definition) is 1. The standard InChI is InChI=1S/C18H31NO2S/c1-3-4-5-6-7-8-9-10-13-16-19-22(20,21)18-15-12-11-14-17(18)2/h11-12,14-15,19H,3-10,13,16H2,1-2H3. The lowest BCUT2D eigenvalue weighted by Gasteiger charge is -2.09. The van der Waals surface area contributed by atoms with Crippen molar-refractivity contribution in [3.8, 4) is 0 Å². The van der Waals surface area contributed by atoms with Crippen molar-refractivity contribution in [3.63, 3.8) is 0 Å². The normalized spacial score (nSPS) is 11.7. The molecule has 22 heavy (non-hydrogen) atoms. The van der Waals surface area contributed by atoms with Crippen LogP contribution in [0.3, 0.4) is 0 Å². The van der Waals surface area contributed by atoms with Crippen LogP contribution >= 0.6 is 0 Å². The average Bonchev–Trinajstić information content (AvgIpc) is 2.49. The molecule has 0 aliphatic rings. The molecule has 0 spiro atoms. The lowest BCUT2D eigenvalue weighted by Crippen LogP contribution is -2.25. The minimum atomic E-state index is -3.35. The molecule has 126 valence electrons. The van der Waals surface area contributed by atoms with Crippen LogP contribution in [0.15, 0.2) is 29.2 Å². The van der Waals surface area contributed by atoms with Gasteiger partial charge in [0.05, 0.1) is 4.90 Å². The largest absolute Gasteiger partial charge is 0.240 e. The third-order valence-electron chi connectivity index (χ3n) is 3.96. The second-order valence-corrected chi connectivity index (χ2v) is 7.73. The van der Waals surface area contributed by atoms with E-state index in [1.807, 2.05) is 19.1 Å². The Morgan fingerprint density at radius 1 is 0.864 bits per heavy atom. The van der Waals surface area contributed by atoms with Gasteiger partial charge in [0.2, 0.25) is 10.0 Å². The molecule has 0 unspecified atom stereocenters. The van der Waals surface area contributed by atoms with Crippen molar-refractivity contribution in [3.05, 3.63) is 29.8 Å². The van der Waals surface area contributed by atoms with Crippen LogP contribution in [0.1, 0.15) is 70.3 Å². The maximum absolute atomic E-state index is 12.2. The van der Waals surface area contributed by atoms with Gasteiger partial charge >= 0.3 is 0 Å². The van der Waals surface area contributed by atoms with E-state index in [0.717, 1.165) is 18.4 Å². The smallest absolute Gasteiger partial charge is 0.211 e. The van der Waals surface area contributed by atoms with Gasteiger partial charge in [0.25, 0.3) is 0 Å².